The third-order valence-corrected chi connectivity index (χ3v) is 6.96. The molecule has 0 fully saturated rings. The number of nitrogens with one attached hydrogen (secondary N) is 1. The molecule has 1 heterocycles. The Morgan fingerprint density at radius 1 is 0.815 bits per heavy atom. The molecule has 27 heavy (non-hydrogen) atoms. The molecular weight excluding hydrogens is 445 g/mol. The summed E-state index contributed by atoms with van der Waals surface area (Å²) in [4.78, 5) is 12.8. The summed E-state index contributed by atoms with van der Waals surface area (Å²) >= 11 is 2.44. The molecule has 1 atom stereocenters. The number of carbonyl (C=O) groups excluding carboxylic acids is 1. The maximum atomic E-state index is 12.8. The van der Waals surface area contributed by atoms with Crippen molar-refractivity contribution < 1.29 is 4.79 Å². The van der Waals surface area contributed by atoms with Crippen molar-refractivity contribution in [2.75, 3.05) is 0 Å². The van der Waals surface area contributed by atoms with Crippen LogP contribution in [0.15, 0.2) is 70.3 Å². The number of carbonyl (C=O) groups is 1. The Morgan fingerprint density at radius 2 is 1.52 bits per heavy atom. The first kappa shape index (κ1) is 16.8. The number of amides is 1. The largest absolute Gasteiger partial charge is 0.334 e. The van der Waals surface area contributed by atoms with E-state index in [4.69, 9.17) is 0 Å². The standard InChI is InChI=1S/C24H18INO/c1-14-7-10-16(11-8-14)21-17-12-9-15(2)13-20(17)24(22(21)25)19-6-4-3-5-18(19)23(27)26-24/h3-13H,1-2H3,(H,26,27). The summed E-state index contributed by atoms with van der Waals surface area (Å²) in [5, 5.41) is 3.33. The Balaban J connectivity index is 1.87. The van der Waals surface area contributed by atoms with Crippen molar-refractivity contribution in [1.29, 1.82) is 0 Å². The minimum atomic E-state index is -0.587. The minimum Gasteiger partial charge on any atom is -0.334 e. The average Bonchev–Trinajstić information content (AvgIpc) is 3.10. The van der Waals surface area contributed by atoms with Crippen molar-refractivity contribution in [2.24, 2.45) is 0 Å². The molecule has 1 aliphatic carbocycles. The highest BCUT2D eigenvalue weighted by Gasteiger charge is 2.52. The van der Waals surface area contributed by atoms with Gasteiger partial charge in [0.05, 0.1) is 0 Å². The summed E-state index contributed by atoms with van der Waals surface area (Å²) in [6.07, 6.45) is 0. The Bertz CT molecular complexity index is 1140. The van der Waals surface area contributed by atoms with Crippen molar-refractivity contribution in [1.82, 2.24) is 5.32 Å². The van der Waals surface area contributed by atoms with Crippen LogP contribution in [0, 0.1) is 13.8 Å². The van der Waals surface area contributed by atoms with Gasteiger partial charge in [-0.15, -0.1) is 0 Å². The van der Waals surface area contributed by atoms with Crippen LogP contribution in [0.5, 0.6) is 0 Å². The van der Waals surface area contributed by atoms with Crippen LogP contribution < -0.4 is 5.32 Å². The summed E-state index contributed by atoms with van der Waals surface area (Å²) in [5.41, 5.74) is 8.43. The quantitative estimate of drug-likeness (QED) is 0.475. The van der Waals surface area contributed by atoms with Crippen LogP contribution in [-0.4, -0.2) is 5.91 Å². The van der Waals surface area contributed by atoms with Gasteiger partial charge in [-0.05, 0) is 64.8 Å². The van der Waals surface area contributed by atoms with Crippen LogP contribution in [0.25, 0.3) is 5.57 Å². The fourth-order valence-electron chi connectivity index (χ4n) is 4.31. The molecule has 1 amide bonds. The third-order valence-electron chi connectivity index (χ3n) is 5.61. The molecule has 1 aliphatic heterocycles. The number of halogens is 1. The van der Waals surface area contributed by atoms with Gasteiger partial charge in [-0.1, -0.05) is 71.8 Å². The van der Waals surface area contributed by atoms with Crippen LogP contribution in [0.3, 0.4) is 0 Å². The molecule has 0 saturated carbocycles. The third kappa shape index (κ3) is 2.21. The predicted octanol–water partition coefficient (Wildman–Crippen LogP) is 5.50. The number of hydrogen-bond donors (Lipinski definition) is 1. The number of aryl methyl sites for hydroxylation is 2. The van der Waals surface area contributed by atoms with Crippen molar-refractivity contribution in [2.45, 2.75) is 19.4 Å². The smallest absolute Gasteiger partial charge is 0.252 e. The summed E-state index contributed by atoms with van der Waals surface area (Å²) in [6.45, 7) is 4.21. The zero-order valence-corrected chi connectivity index (χ0v) is 17.3. The van der Waals surface area contributed by atoms with Crippen LogP contribution >= 0.6 is 22.6 Å². The number of hydrogen-bond acceptors (Lipinski definition) is 1. The Labute approximate surface area is 172 Å². The van der Waals surface area contributed by atoms with Crippen molar-refractivity contribution >= 4 is 34.1 Å². The fourth-order valence-corrected chi connectivity index (χ4v) is 5.63. The Morgan fingerprint density at radius 3 is 2.30 bits per heavy atom. The molecule has 5 rings (SSSR count). The zero-order valence-electron chi connectivity index (χ0n) is 15.1. The second-order valence-electron chi connectivity index (χ2n) is 7.35. The van der Waals surface area contributed by atoms with Gasteiger partial charge < -0.3 is 5.32 Å². The maximum Gasteiger partial charge on any atom is 0.252 e. The van der Waals surface area contributed by atoms with E-state index < -0.39 is 5.54 Å². The first-order chi connectivity index (χ1) is 13.0. The van der Waals surface area contributed by atoms with Gasteiger partial charge in [0.2, 0.25) is 0 Å². The average molecular weight is 463 g/mol. The fraction of sp³-hybridized carbons (Fsp3) is 0.125. The molecule has 0 aromatic heterocycles. The lowest BCUT2D eigenvalue weighted by Gasteiger charge is -2.28. The molecule has 3 heteroatoms. The molecule has 1 N–H and O–H groups in total. The first-order valence-electron chi connectivity index (χ1n) is 9.03. The summed E-state index contributed by atoms with van der Waals surface area (Å²) in [5.74, 6) is -0.00243. The minimum absolute atomic E-state index is 0.00243. The monoisotopic (exact) mass is 463 g/mol. The van der Waals surface area contributed by atoms with Crippen molar-refractivity contribution in [3.63, 3.8) is 0 Å². The van der Waals surface area contributed by atoms with E-state index in [2.05, 4.69) is 90.3 Å². The summed E-state index contributed by atoms with van der Waals surface area (Å²) in [7, 11) is 0. The molecule has 1 unspecified atom stereocenters. The van der Waals surface area contributed by atoms with E-state index in [-0.39, 0.29) is 5.91 Å². The van der Waals surface area contributed by atoms with E-state index in [1.165, 1.54) is 33.4 Å². The number of fused-ring (bicyclic) bond motifs is 4. The van der Waals surface area contributed by atoms with E-state index in [9.17, 15) is 4.79 Å². The van der Waals surface area contributed by atoms with Gasteiger partial charge in [0.1, 0.15) is 5.54 Å². The Kier molecular flexibility index (Phi) is 3.60. The number of rotatable bonds is 1. The van der Waals surface area contributed by atoms with Crippen molar-refractivity contribution in [3.05, 3.63) is 109 Å². The molecule has 3 aromatic rings. The second-order valence-corrected chi connectivity index (χ2v) is 8.43. The molecular formula is C24H18INO. The maximum absolute atomic E-state index is 12.8. The van der Waals surface area contributed by atoms with Gasteiger partial charge in [-0.2, -0.15) is 0 Å². The molecule has 1 spiro atoms. The van der Waals surface area contributed by atoms with Crippen molar-refractivity contribution in [3.8, 4) is 0 Å². The van der Waals surface area contributed by atoms with Crippen LogP contribution in [0.4, 0.5) is 0 Å². The Hall–Kier alpha value is -2.40. The molecule has 0 bridgehead atoms. The SMILES string of the molecule is Cc1ccc(C2=C(I)C3(NC(=O)c4ccccc43)c3cc(C)ccc32)cc1. The van der Waals surface area contributed by atoms with Gasteiger partial charge in [0, 0.05) is 14.7 Å². The second kappa shape index (κ2) is 5.80. The normalized spacial score (nSPS) is 20.0. The van der Waals surface area contributed by atoms with Gasteiger partial charge >= 0.3 is 0 Å². The van der Waals surface area contributed by atoms with Gasteiger partial charge in [0.15, 0.2) is 0 Å². The van der Waals surface area contributed by atoms with Gasteiger partial charge in [0.25, 0.3) is 5.91 Å². The van der Waals surface area contributed by atoms with Crippen LogP contribution in [-0.2, 0) is 5.54 Å². The summed E-state index contributed by atoms with van der Waals surface area (Å²) in [6, 6.07) is 23.2. The lowest BCUT2D eigenvalue weighted by atomic mass is 9.85. The highest BCUT2D eigenvalue weighted by atomic mass is 127. The topological polar surface area (TPSA) is 29.1 Å². The molecule has 0 saturated heterocycles. The van der Waals surface area contributed by atoms with Crippen LogP contribution in [0.2, 0.25) is 0 Å². The molecule has 132 valence electrons. The number of benzene rings is 3. The van der Waals surface area contributed by atoms with Gasteiger partial charge in [-0.25, -0.2) is 0 Å². The zero-order chi connectivity index (χ0) is 18.8. The lowest BCUT2D eigenvalue weighted by molar-refractivity contribution is 0.0950. The first-order valence-corrected chi connectivity index (χ1v) is 10.1. The predicted molar refractivity (Wildman–Crippen MR) is 117 cm³/mol. The highest BCUT2D eigenvalue weighted by Crippen LogP contribution is 2.56. The van der Waals surface area contributed by atoms with E-state index in [0.29, 0.717) is 0 Å². The van der Waals surface area contributed by atoms with E-state index in [0.717, 1.165) is 14.7 Å². The van der Waals surface area contributed by atoms with E-state index in [1.54, 1.807) is 0 Å². The van der Waals surface area contributed by atoms with E-state index >= 15 is 0 Å². The molecule has 3 aromatic carbocycles. The van der Waals surface area contributed by atoms with Crippen LogP contribution in [0.1, 0.15) is 43.7 Å². The molecule has 2 nitrogen and oxygen atoms in total. The highest BCUT2D eigenvalue weighted by molar-refractivity contribution is 14.1. The van der Waals surface area contributed by atoms with E-state index in [1.807, 2.05) is 18.2 Å². The lowest BCUT2D eigenvalue weighted by Crippen LogP contribution is -2.39. The molecule has 2 aliphatic rings. The van der Waals surface area contributed by atoms with Gasteiger partial charge in [-0.3, -0.25) is 4.79 Å². The molecule has 0 radical (unpaired) electrons. The summed E-state index contributed by atoms with van der Waals surface area (Å²) < 4.78 is 1.16.